The van der Waals surface area contributed by atoms with E-state index in [2.05, 4.69) is 5.32 Å². The van der Waals surface area contributed by atoms with Gasteiger partial charge in [0, 0.05) is 17.6 Å². The second kappa shape index (κ2) is 6.25. The van der Waals surface area contributed by atoms with Gasteiger partial charge in [0.25, 0.3) is 0 Å². The first-order valence-corrected chi connectivity index (χ1v) is 7.66. The molecule has 0 aliphatic rings. The first kappa shape index (κ1) is 15.8. The van der Waals surface area contributed by atoms with E-state index in [0.717, 1.165) is 0 Å². The summed E-state index contributed by atoms with van der Waals surface area (Å²) in [6.45, 7) is 1.35. The Hall–Kier alpha value is -1.27. The number of amides is 1. The highest BCUT2D eigenvalue weighted by atomic mass is 35.5. The maximum absolute atomic E-state index is 12.1. The highest BCUT2D eigenvalue weighted by molar-refractivity contribution is 7.92. The maximum atomic E-state index is 12.1. The Kier molecular flexibility index (Phi) is 5.20. The van der Waals surface area contributed by atoms with Gasteiger partial charge in [-0.25, -0.2) is 8.42 Å². The molecule has 0 aromatic heterocycles. The van der Waals surface area contributed by atoms with Crippen LogP contribution in [0.25, 0.3) is 0 Å². The summed E-state index contributed by atoms with van der Waals surface area (Å²) < 4.78 is 29.3. The third-order valence-corrected chi connectivity index (χ3v) is 4.99. The van der Waals surface area contributed by atoms with Crippen LogP contribution in [0.1, 0.15) is 12.5 Å². The SMILES string of the molecule is CNC(=O)[C@@H](C)S(=O)(=O)Cc1cc(Cl)ccc1OC. The molecule has 0 bridgehead atoms. The topological polar surface area (TPSA) is 72.5 Å². The molecule has 0 aliphatic heterocycles. The van der Waals surface area contributed by atoms with Gasteiger partial charge in [0.05, 0.1) is 12.9 Å². The van der Waals surface area contributed by atoms with Gasteiger partial charge in [-0.15, -0.1) is 0 Å². The number of sulfone groups is 1. The van der Waals surface area contributed by atoms with E-state index in [1.807, 2.05) is 0 Å². The Morgan fingerprint density at radius 3 is 2.63 bits per heavy atom. The van der Waals surface area contributed by atoms with E-state index < -0.39 is 21.0 Å². The predicted molar refractivity (Wildman–Crippen MR) is 74.2 cm³/mol. The number of hydrogen-bond acceptors (Lipinski definition) is 4. The summed E-state index contributed by atoms with van der Waals surface area (Å²) in [4.78, 5) is 11.4. The molecule has 1 atom stereocenters. The second-order valence-corrected chi connectivity index (χ2v) is 6.78. The average Bonchev–Trinajstić information content (AvgIpc) is 2.36. The van der Waals surface area contributed by atoms with Crippen molar-refractivity contribution in [3.8, 4) is 5.75 Å². The van der Waals surface area contributed by atoms with Crippen molar-refractivity contribution in [3.05, 3.63) is 28.8 Å². The number of carbonyl (C=O) groups excluding carboxylic acids is 1. The molecule has 1 aromatic carbocycles. The molecule has 19 heavy (non-hydrogen) atoms. The van der Waals surface area contributed by atoms with E-state index in [1.54, 1.807) is 12.1 Å². The number of rotatable bonds is 5. The van der Waals surface area contributed by atoms with Gasteiger partial charge < -0.3 is 10.1 Å². The fourth-order valence-corrected chi connectivity index (χ4v) is 3.12. The molecule has 0 fully saturated rings. The smallest absolute Gasteiger partial charge is 0.237 e. The molecular formula is C12H16ClNO4S. The summed E-state index contributed by atoms with van der Waals surface area (Å²) in [5.74, 6) is -0.413. The van der Waals surface area contributed by atoms with E-state index in [-0.39, 0.29) is 5.75 Å². The summed E-state index contributed by atoms with van der Waals surface area (Å²) in [7, 11) is -0.782. The van der Waals surface area contributed by atoms with Gasteiger partial charge >= 0.3 is 0 Å². The van der Waals surface area contributed by atoms with Crippen LogP contribution in [0, 0.1) is 0 Å². The van der Waals surface area contributed by atoms with Crippen molar-refractivity contribution in [2.45, 2.75) is 17.9 Å². The molecule has 0 spiro atoms. The number of carbonyl (C=O) groups is 1. The molecule has 0 unspecified atom stereocenters. The molecule has 0 heterocycles. The van der Waals surface area contributed by atoms with Crippen LogP contribution in [0.4, 0.5) is 0 Å². The number of ether oxygens (including phenoxy) is 1. The van der Waals surface area contributed by atoms with E-state index in [0.29, 0.717) is 16.3 Å². The van der Waals surface area contributed by atoms with Crippen LogP contribution < -0.4 is 10.1 Å². The van der Waals surface area contributed by atoms with Crippen LogP contribution in [-0.2, 0) is 20.4 Å². The maximum Gasteiger partial charge on any atom is 0.237 e. The van der Waals surface area contributed by atoms with Crippen LogP contribution >= 0.6 is 11.6 Å². The third-order valence-electron chi connectivity index (χ3n) is 2.75. The lowest BCUT2D eigenvalue weighted by Crippen LogP contribution is -2.36. The van der Waals surface area contributed by atoms with E-state index in [4.69, 9.17) is 16.3 Å². The van der Waals surface area contributed by atoms with Crippen LogP contribution in [0.3, 0.4) is 0 Å². The highest BCUT2D eigenvalue weighted by Gasteiger charge is 2.28. The van der Waals surface area contributed by atoms with Gasteiger partial charge in [0.1, 0.15) is 11.0 Å². The van der Waals surface area contributed by atoms with Crippen LogP contribution in [-0.4, -0.2) is 33.7 Å². The van der Waals surface area contributed by atoms with Crippen LogP contribution in [0.15, 0.2) is 18.2 Å². The van der Waals surface area contributed by atoms with Gasteiger partial charge in [-0.3, -0.25) is 4.79 Å². The van der Waals surface area contributed by atoms with E-state index in [9.17, 15) is 13.2 Å². The highest BCUT2D eigenvalue weighted by Crippen LogP contribution is 2.25. The molecule has 1 N–H and O–H groups in total. The zero-order chi connectivity index (χ0) is 14.6. The number of benzene rings is 1. The molecule has 1 rings (SSSR count). The molecule has 106 valence electrons. The Balaban J connectivity index is 3.08. The van der Waals surface area contributed by atoms with Crippen LogP contribution in [0.5, 0.6) is 5.75 Å². The third kappa shape index (κ3) is 3.84. The Morgan fingerprint density at radius 2 is 2.11 bits per heavy atom. The Morgan fingerprint density at radius 1 is 1.47 bits per heavy atom. The molecule has 1 amide bonds. The zero-order valence-electron chi connectivity index (χ0n) is 10.9. The lowest BCUT2D eigenvalue weighted by atomic mass is 10.2. The normalized spacial score (nSPS) is 12.8. The minimum atomic E-state index is -3.62. The van der Waals surface area contributed by atoms with E-state index in [1.165, 1.54) is 27.1 Å². The average molecular weight is 306 g/mol. The fourth-order valence-electron chi connectivity index (χ4n) is 1.57. The quantitative estimate of drug-likeness (QED) is 0.892. The molecule has 0 saturated carbocycles. The van der Waals surface area contributed by atoms with Crippen LogP contribution in [0.2, 0.25) is 5.02 Å². The lowest BCUT2D eigenvalue weighted by Gasteiger charge is -2.13. The number of halogens is 1. The Bertz CT molecular complexity index is 571. The fraction of sp³-hybridized carbons (Fsp3) is 0.417. The first-order chi connectivity index (χ1) is 8.81. The standard InChI is InChI=1S/C12H16ClNO4S/c1-8(12(15)14-2)19(16,17)7-9-6-10(13)4-5-11(9)18-3/h4-6,8H,7H2,1-3H3,(H,14,15)/t8-/m1/s1. The monoisotopic (exact) mass is 305 g/mol. The minimum Gasteiger partial charge on any atom is -0.496 e. The summed E-state index contributed by atoms with van der Waals surface area (Å²) in [5, 5.41) is 1.61. The largest absolute Gasteiger partial charge is 0.496 e. The molecule has 0 saturated heterocycles. The molecule has 0 radical (unpaired) electrons. The van der Waals surface area contributed by atoms with Crippen molar-refractivity contribution < 1.29 is 17.9 Å². The number of hydrogen-bond donors (Lipinski definition) is 1. The lowest BCUT2D eigenvalue weighted by molar-refractivity contribution is -0.119. The zero-order valence-corrected chi connectivity index (χ0v) is 12.5. The summed E-state index contributed by atoms with van der Waals surface area (Å²) in [6, 6.07) is 4.73. The molecule has 7 heteroatoms. The van der Waals surface area contributed by atoms with Gasteiger partial charge in [0.2, 0.25) is 5.91 Å². The number of methoxy groups -OCH3 is 1. The van der Waals surface area contributed by atoms with Gasteiger partial charge in [0.15, 0.2) is 9.84 Å². The molecule has 5 nitrogen and oxygen atoms in total. The summed E-state index contributed by atoms with van der Waals surface area (Å²) >= 11 is 5.84. The van der Waals surface area contributed by atoms with Crippen molar-refractivity contribution in [1.29, 1.82) is 0 Å². The van der Waals surface area contributed by atoms with Crippen molar-refractivity contribution in [3.63, 3.8) is 0 Å². The van der Waals surface area contributed by atoms with Crippen molar-refractivity contribution in [1.82, 2.24) is 5.32 Å². The second-order valence-electron chi connectivity index (χ2n) is 4.02. The summed E-state index contributed by atoms with van der Waals surface area (Å²) in [6.07, 6.45) is 0. The predicted octanol–water partition coefficient (Wildman–Crippen LogP) is 1.40. The van der Waals surface area contributed by atoms with Gasteiger partial charge in [-0.05, 0) is 25.1 Å². The van der Waals surface area contributed by atoms with Crippen molar-refractivity contribution in [2.24, 2.45) is 0 Å². The van der Waals surface area contributed by atoms with E-state index >= 15 is 0 Å². The van der Waals surface area contributed by atoms with Crippen molar-refractivity contribution >= 4 is 27.3 Å². The molecule has 0 aliphatic carbocycles. The molecule has 1 aromatic rings. The number of nitrogens with one attached hydrogen (secondary N) is 1. The van der Waals surface area contributed by atoms with Crippen molar-refractivity contribution in [2.75, 3.05) is 14.2 Å². The minimum absolute atomic E-state index is 0.300. The summed E-state index contributed by atoms with van der Waals surface area (Å²) in [5.41, 5.74) is 0.436. The first-order valence-electron chi connectivity index (χ1n) is 5.57. The molecular weight excluding hydrogens is 290 g/mol. The Labute approximate surface area is 117 Å². The van der Waals surface area contributed by atoms with Gasteiger partial charge in [-0.2, -0.15) is 0 Å². The van der Waals surface area contributed by atoms with Gasteiger partial charge in [-0.1, -0.05) is 11.6 Å².